The molecule has 3 nitrogen and oxygen atoms in total. The third-order valence-corrected chi connectivity index (χ3v) is 4.18. The van der Waals surface area contributed by atoms with E-state index in [9.17, 15) is 14.7 Å². The molecule has 0 saturated heterocycles. The third-order valence-electron chi connectivity index (χ3n) is 4.18. The zero-order valence-corrected chi connectivity index (χ0v) is 13.2. The van der Waals surface area contributed by atoms with Crippen molar-refractivity contribution < 1.29 is 14.7 Å². The van der Waals surface area contributed by atoms with E-state index >= 15 is 0 Å². The van der Waals surface area contributed by atoms with Crippen molar-refractivity contribution in [1.82, 2.24) is 0 Å². The van der Waals surface area contributed by atoms with Crippen LogP contribution in [0.5, 0.6) is 0 Å². The molecule has 3 aromatic rings. The zero-order valence-electron chi connectivity index (χ0n) is 13.2. The van der Waals surface area contributed by atoms with Crippen LogP contribution < -0.4 is 0 Å². The molecule has 0 saturated carbocycles. The SMILES string of the molecule is O=C(CC(Cc1ccccc1)C(=O)O)c1ccc2ccccc2c1. The smallest absolute Gasteiger partial charge is 0.307 e. The lowest BCUT2D eigenvalue weighted by atomic mass is 9.91. The van der Waals surface area contributed by atoms with E-state index < -0.39 is 11.9 Å². The highest BCUT2D eigenvalue weighted by Gasteiger charge is 2.22. The summed E-state index contributed by atoms with van der Waals surface area (Å²) in [4.78, 5) is 24.1. The lowest BCUT2D eigenvalue weighted by Crippen LogP contribution is -2.20. The second kappa shape index (κ2) is 7.09. The third kappa shape index (κ3) is 3.69. The average molecular weight is 318 g/mol. The van der Waals surface area contributed by atoms with Crippen molar-refractivity contribution >= 4 is 22.5 Å². The molecule has 3 aromatic carbocycles. The zero-order chi connectivity index (χ0) is 16.9. The predicted octanol–water partition coefficient (Wildman–Crippen LogP) is 4.36. The Morgan fingerprint density at radius 2 is 1.50 bits per heavy atom. The fourth-order valence-electron chi connectivity index (χ4n) is 2.85. The number of carboxylic acid groups (broad SMARTS) is 1. The molecule has 0 aliphatic heterocycles. The number of benzene rings is 3. The van der Waals surface area contributed by atoms with Gasteiger partial charge in [-0.05, 0) is 28.8 Å². The first-order valence-corrected chi connectivity index (χ1v) is 7.92. The van der Waals surface area contributed by atoms with Gasteiger partial charge in [0.25, 0.3) is 0 Å². The van der Waals surface area contributed by atoms with Gasteiger partial charge in [0.15, 0.2) is 5.78 Å². The van der Waals surface area contributed by atoms with Gasteiger partial charge in [-0.2, -0.15) is 0 Å². The van der Waals surface area contributed by atoms with Crippen LogP contribution in [0.15, 0.2) is 72.8 Å². The van der Waals surface area contributed by atoms with Crippen LogP contribution >= 0.6 is 0 Å². The highest BCUT2D eigenvalue weighted by atomic mass is 16.4. The molecule has 1 atom stereocenters. The summed E-state index contributed by atoms with van der Waals surface area (Å²) < 4.78 is 0. The molecule has 0 spiro atoms. The van der Waals surface area contributed by atoms with Gasteiger partial charge < -0.3 is 5.11 Å². The van der Waals surface area contributed by atoms with Crippen molar-refractivity contribution in [1.29, 1.82) is 0 Å². The molecule has 0 aliphatic carbocycles. The van der Waals surface area contributed by atoms with Crippen LogP contribution in [0.25, 0.3) is 10.8 Å². The molecule has 0 bridgehead atoms. The lowest BCUT2D eigenvalue weighted by Gasteiger charge is -2.12. The van der Waals surface area contributed by atoms with Crippen molar-refractivity contribution in [2.45, 2.75) is 12.8 Å². The first-order chi connectivity index (χ1) is 11.6. The average Bonchev–Trinajstić information content (AvgIpc) is 2.61. The molecule has 0 aliphatic rings. The molecule has 0 aromatic heterocycles. The number of aliphatic carboxylic acids is 1. The number of carbonyl (C=O) groups is 2. The Balaban J connectivity index is 1.78. The number of hydrogen-bond acceptors (Lipinski definition) is 2. The van der Waals surface area contributed by atoms with Gasteiger partial charge in [0, 0.05) is 12.0 Å². The Bertz CT molecular complexity index is 868. The van der Waals surface area contributed by atoms with Crippen molar-refractivity contribution in [2.24, 2.45) is 5.92 Å². The minimum absolute atomic E-state index is 0.00255. The molecular weight excluding hydrogens is 300 g/mol. The molecule has 3 rings (SSSR count). The van der Waals surface area contributed by atoms with Crippen LogP contribution in [0.2, 0.25) is 0 Å². The quantitative estimate of drug-likeness (QED) is 0.687. The first-order valence-electron chi connectivity index (χ1n) is 7.92. The van der Waals surface area contributed by atoms with E-state index in [-0.39, 0.29) is 12.2 Å². The number of Topliss-reactive ketones (excluding diaryl/α,β-unsaturated/α-hetero) is 1. The topological polar surface area (TPSA) is 54.4 Å². The summed E-state index contributed by atoms with van der Waals surface area (Å²) in [5, 5.41) is 11.5. The molecule has 24 heavy (non-hydrogen) atoms. The maximum Gasteiger partial charge on any atom is 0.307 e. The minimum atomic E-state index is -0.937. The number of ketones is 1. The van der Waals surface area contributed by atoms with Crippen LogP contribution in [-0.2, 0) is 11.2 Å². The predicted molar refractivity (Wildman–Crippen MR) is 94.2 cm³/mol. The van der Waals surface area contributed by atoms with Gasteiger partial charge in [-0.1, -0.05) is 66.7 Å². The van der Waals surface area contributed by atoms with Gasteiger partial charge in [0.05, 0.1) is 5.92 Å². The summed E-state index contributed by atoms with van der Waals surface area (Å²) >= 11 is 0. The molecule has 0 heterocycles. The van der Waals surface area contributed by atoms with Crippen molar-refractivity contribution in [3.8, 4) is 0 Å². The molecule has 0 amide bonds. The molecule has 0 fully saturated rings. The van der Waals surface area contributed by atoms with Crippen LogP contribution in [0.1, 0.15) is 22.3 Å². The summed E-state index contributed by atoms with van der Waals surface area (Å²) in [5.74, 6) is -1.79. The highest BCUT2D eigenvalue weighted by molar-refractivity contribution is 6.01. The molecule has 1 N–H and O–H groups in total. The second-order valence-corrected chi connectivity index (χ2v) is 5.91. The van der Waals surface area contributed by atoms with E-state index in [0.29, 0.717) is 12.0 Å². The Morgan fingerprint density at radius 3 is 2.21 bits per heavy atom. The van der Waals surface area contributed by atoms with E-state index in [4.69, 9.17) is 0 Å². The second-order valence-electron chi connectivity index (χ2n) is 5.91. The van der Waals surface area contributed by atoms with E-state index in [0.717, 1.165) is 16.3 Å². The van der Waals surface area contributed by atoms with Crippen LogP contribution in [0.3, 0.4) is 0 Å². The summed E-state index contributed by atoms with van der Waals surface area (Å²) in [6.07, 6.45) is 0.359. The maximum absolute atomic E-state index is 12.5. The van der Waals surface area contributed by atoms with E-state index in [1.165, 1.54) is 0 Å². The number of rotatable bonds is 6. The molecule has 3 heteroatoms. The Kier molecular flexibility index (Phi) is 4.71. The van der Waals surface area contributed by atoms with Gasteiger partial charge in [-0.3, -0.25) is 9.59 Å². The largest absolute Gasteiger partial charge is 0.481 e. The number of carbonyl (C=O) groups excluding carboxylic acids is 1. The lowest BCUT2D eigenvalue weighted by molar-refractivity contribution is -0.141. The summed E-state index contributed by atoms with van der Waals surface area (Å²) in [6.45, 7) is 0. The Hall–Kier alpha value is -2.94. The fourth-order valence-corrected chi connectivity index (χ4v) is 2.85. The highest BCUT2D eigenvalue weighted by Crippen LogP contribution is 2.20. The maximum atomic E-state index is 12.5. The van der Waals surface area contributed by atoms with Gasteiger partial charge in [0.2, 0.25) is 0 Å². The minimum Gasteiger partial charge on any atom is -0.481 e. The van der Waals surface area contributed by atoms with Gasteiger partial charge in [-0.25, -0.2) is 0 Å². The van der Waals surface area contributed by atoms with Gasteiger partial charge in [-0.15, -0.1) is 0 Å². The molecular formula is C21H18O3. The van der Waals surface area contributed by atoms with E-state index in [2.05, 4.69) is 0 Å². The van der Waals surface area contributed by atoms with E-state index in [1.54, 1.807) is 6.07 Å². The molecule has 1 unspecified atom stereocenters. The fraction of sp³-hybridized carbons (Fsp3) is 0.143. The Labute approximate surface area is 140 Å². The van der Waals surface area contributed by atoms with Gasteiger partial charge >= 0.3 is 5.97 Å². The summed E-state index contributed by atoms with van der Waals surface area (Å²) in [7, 11) is 0. The normalized spacial score (nSPS) is 12.0. The number of hydrogen-bond donors (Lipinski definition) is 1. The number of fused-ring (bicyclic) bond motifs is 1. The summed E-state index contributed by atoms with van der Waals surface area (Å²) in [6, 6.07) is 22.7. The monoisotopic (exact) mass is 318 g/mol. The van der Waals surface area contributed by atoms with Crippen molar-refractivity contribution in [3.63, 3.8) is 0 Å². The summed E-state index contributed by atoms with van der Waals surface area (Å²) in [5.41, 5.74) is 1.49. The van der Waals surface area contributed by atoms with Crippen LogP contribution in [0.4, 0.5) is 0 Å². The Morgan fingerprint density at radius 1 is 0.833 bits per heavy atom. The van der Waals surface area contributed by atoms with Crippen molar-refractivity contribution in [3.05, 3.63) is 83.9 Å². The van der Waals surface area contributed by atoms with Crippen molar-refractivity contribution in [2.75, 3.05) is 0 Å². The number of carboxylic acids is 1. The van der Waals surface area contributed by atoms with Gasteiger partial charge in [0.1, 0.15) is 0 Å². The first kappa shape index (κ1) is 15.9. The standard InChI is InChI=1S/C21H18O3/c22-20(18-11-10-16-8-4-5-9-17(16)13-18)14-19(21(23)24)12-15-6-2-1-3-7-15/h1-11,13,19H,12,14H2,(H,23,24). The van der Waals surface area contributed by atoms with E-state index in [1.807, 2.05) is 66.7 Å². The molecule has 120 valence electrons. The van der Waals surface area contributed by atoms with Crippen LogP contribution in [-0.4, -0.2) is 16.9 Å². The van der Waals surface area contributed by atoms with Crippen LogP contribution in [0, 0.1) is 5.92 Å². The molecule has 0 radical (unpaired) electrons.